The third-order valence-electron chi connectivity index (χ3n) is 2.09. The predicted octanol–water partition coefficient (Wildman–Crippen LogP) is 1.66. The van der Waals surface area contributed by atoms with Crippen LogP contribution < -0.4 is 10.6 Å². The smallest absolute Gasteiger partial charge is 0.269 e. The van der Waals surface area contributed by atoms with E-state index in [1.165, 1.54) is 0 Å². The Morgan fingerprint density at radius 2 is 2.35 bits per heavy atom. The molecule has 0 aliphatic carbocycles. The van der Waals surface area contributed by atoms with E-state index in [9.17, 15) is 4.79 Å². The number of anilines is 1. The van der Waals surface area contributed by atoms with Gasteiger partial charge in [0, 0.05) is 31.4 Å². The van der Waals surface area contributed by atoms with Crippen LogP contribution in [0.25, 0.3) is 0 Å². The molecule has 0 atom stereocenters. The fourth-order valence-electron chi connectivity index (χ4n) is 1.31. The van der Waals surface area contributed by atoms with Gasteiger partial charge in [0.2, 0.25) is 0 Å². The van der Waals surface area contributed by atoms with Crippen LogP contribution in [0.3, 0.4) is 0 Å². The third-order valence-corrected chi connectivity index (χ3v) is 2.09. The molecule has 1 aromatic rings. The number of nitrogens with one attached hydrogen (secondary N) is 2. The molecule has 4 heteroatoms. The van der Waals surface area contributed by atoms with Crippen molar-refractivity contribution in [3.63, 3.8) is 0 Å². The van der Waals surface area contributed by atoms with Crippen molar-refractivity contribution in [2.75, 3.05) is 18.4 Å². The number of rotatable bonds is 5. The molecule has 0 saturated heterocycles. The van der Waals surface area contributed by atoms with Gasteiger partial charge in [-0.05, 0) is 26.0 Å². The normalized spacial score (nSPS) is 9.06. The molecule has 0 saturated carbocycles. The maximum atomic E-state index is 11.5. The van der Waals surface area contributed by atoms with Gasteiger partial charge in [-0.1, -0.05) is 0 Å². The molecular formula is C13H17N3O. The monoisotopic (exact) mass is 231 g/mol. The maximum absolute atomic E-state index is 11.5. The molecule has 0 unspecified atom stereocenters. The van der Waals surface area contributed by atoms with Gasteiger partial charge in [-0.25, -0.2) is 0 Å². The van der Waals surface area contributed by atoms with Gasteiger partial charge < -0.3 is 10.6 Å². The van der Waals surface area contributed by atoms with Crippen LogP contribution in [0, 0.1) is 11.8 Å². The van der Waals surface area contributed by atoms with Crippen LogP contribution in [0.5, 0.6) is 0 Å². The second kappa shape index (κ2) is 7.29. The van der Waals surface area contributed by atoms with Crippen molar-refractivity contribution in [3.05, 3.63) is 24.0 Å². The van der Waals surface area contributed by atoms with Crippen LogP contribution in [0.2, 0.25) is 0 Å². The fourth-order valence-corrected chi connectivity index (χ4v) is 1.31. The molecular weight excluding hydrogens is 214 g/mol. The Morgan fingerprint density at radius 1 is 1.53 bits per heavy atom. The lowest BCUT2D eigenvalue weighted by molar-refractivity contribution is 0.0951. The van der Waals surface area contributed by atoms with Gasteiger partial charge in [0.1, 0.15) is 5.69 Å². The Balaban J connectivity index is 2.58. The number of pyridine rings is 1. The van der Waals surface area contributed by atoms with E-state index >= 15 is 0 Å². The molecule has 0 radical (unpaired) electrons. The lowest BCUT2D eigenvalue weighted by Crippen LogP contribution is -2.23. The van der Waals surface area contributed by atoms with E-state index in [2.05, 4.69) is 27.5 Å². The van der Waals surface area contributed by atoms with E-state index in [1.807, 2.05) is 19.9 Å². The summed E-state index contributed by atoms with van der Waals surface area (Å²) in [5.74, 6) is 5.65. The third kappa shape index (κ3) is 4.56. The summed E-state index contributed by atoms with van der Waals surface area (Å²) in [6.45, 7) is 5.06. The zero-order valence-electron chi connectivity index (χ0n) is 10.2. The lowest BCUT2D eigenvalue weighted by Gasteiger charge is -2.06. The van der Waals surface area contributed by atoms with Gasteiger partial charge in [0.25, 0.3) is 5.91 Å². The zero-order chi connectivity index (χ0) is 12.5. The topological polar surface area (TPSA) is 54.0 Å². The second-order valence-electron chi connectivity index (χ2n) is 3.39. The van der Waals surface area contributed by atoms with Crippen LogP contribution in [0.4, 0.5) is 5.69 Å². The SMILES string of the molecule is CC#CCCNc1ccnc(C(=O)NCC)c1. The average Bonchev–Trinajstić information content (AvgIpc) is 2.35. The zero-order valence-corrected chi connectivity index (χ0v) is 10.2. The molecule has 0 bridgehead atoms. The largest absolute Gasteiger partial charge is 0.384 e. The van der Waals surface area contributed by atoms with Crippen molar-refractivity contribution in [2.24, 2.45) is 0 Å². The first-order valence-corrected chi connectivity index (χ1v) is 5.65. The first kappa shape index (κ1) is 13.0. The molecule has 1 rings (SSSR count). The molecule has 0 aliphatic heterocycles. The minimum absolute atomic E-state index is 0.149. The highest BCUT2D eigenvalue weighted by Crippen LogP contribution is 2.07. The van der Waals surface area contributed by atoms with Gasteiger partial charge in [0.15, 0.2) is 0 Å². The molecule has 17 heavy (non-hydrogen) atoms. The van der Waals surface area contributed by atoms with E-state index in [-0.39, 0.29) is 5.91 Å². The average molecular weight is 231 g/mol. The predicted molar refractivity (Wildman–Crippen MR) is 68.8 cm³/mol. The van der Waals surface area contributed by atoms with Gasteiger partial charge in [0.05, 0.1) is 0 Å². The van der Waals surface area contributed by atoms with Gasteiger partial charge in [-0.3, -0.25) is 9.78 Å². The summed E-state index contributed by atoms with van der Waals surface area (Å²) in [4.78, 5) is 15.6. The summed E-state index contributed by atoms with van der Waals surface area (Å²) in [5, 5.41) is 5.91. The Kier molecular flexibility index (Phi) is 5.59. The summed E-state index contributed by atoms with van der Waals surface area (Å²) in [7, 11) is 0. The Hall–Kier alpha value is -2.02. The maximum Gasteiger partial charge on any atom is 0.269 e. The van der Waals surface area contributed by atoms with E-state index in [1.54, 1.807) is 12.3 Å². The van der Waals surface area contributed by atoms with E-state index in [4.69, 9.17) is 0 Å². The van der Waals surface area contributed by atoms with Crippen molar-refractivity contribution < 1.29 is 4.79 Å². The van der Waals surface area contributed by atoms with Gasteiger partial charge in [-0.2, -0.15) is 0 Å². The molecule has 0 spiro atoms. The quantitative estimate of drug-likeness (QED) is 0.598. The molecule has 0 aromatic carbocycles. The van der Waals surface area contributed by atoms with E-state index in [0.29, 0.717) is 12.2 Å². The molecule has 4 nitrogen and oxygen atoms in total. The van der Waals surface area contributed by atoms with Crippen molar-refractivity contribution in [1.82, 2.24) is 10.3 Å². The summed E-state index contributed by atoms with van der Waals surface area (Å²) in [5.41, 5.74) is 1.32. The highest BCUT2D eigenvalue weighted by molar-refractivity contribution is 5.93. The number of nitrogens with zero attached hydrogens (tertiary/aromatic N) is 1. The van der Waals surface area contributed by atoms with E-state index in [0.717, 1.165) is 18.7 Å². The first-order valence-electron chi connectivity index (χ1n) is 5.65. The van der Waals surface area contributed by atoms with E-state index < -0.39 is 0 Å². The number of carbonyl (C=O) groups is 1. The fraction of sp³-hybridized carbons (Fsp3) is 0.385. The summed E-state index contributed by atoms with van der Waals surface area (Å²) >= 11 is 0. The van der Waals surface area contributed by atoms with Crippen LogP contribution in [-0.2, 0) is 0 Å². The first-order chi connectivity index (χ1) is 8.27. The molecule has 1 heterocycles. The number of carbonyl (C=O) groups excluding carboxylic acids is 1. The van der Waals surface area contributed by atoms with Crippen molar-refractivity contribution >= 4 is 11.6 Å². The second-order valence-corrected chi connectivity index (χ2v) is 3.39. The molecule has 0 fully saturated rings. The Labute approximate surface area is 102 Å². The number of aromatic nitrogens is 1. The molecule has 0 aliphatic rings. The standard InChI is InChI=1S/C13H17N3O/c1-3-5-6-8-15-11-7-9-16-12(10-11)13(17)14-4-2/h7,9-10H,4,6,8H2,1-2H3,(H,14,17)(H,15,16). The Bertz CT molecular complexity index is 432. The summed E-state index contributed by atoms with van der Waals surface area (Å²) in [6, 6.07) is 3.58. The summed E-state index contributed by atoms with van der Waals surface area (Å²) in [6.07, 6.45) is 2.41. The van der Waals surface area contributed by atoms with Crippen LogP contribution in [-0.4, -0.2) is 24.0 Å². The van der Waals surface area contributed by atoms with Crippen LogP contribution >= 0.6 is 0 Å². The van der Waals surface area contributed by atoms with Crippen LogP contribution in [0.1, 0.15) is 30.8 Å². The number of hydrogen-bond acceptors (Lipinski definition) is 3. The van der Waals surface area contributed by atoms with Gasteiger partial charge >= 0.3 is 0 Å². The highest BCUT2D eigenvalue weighted by Gasteiger charge is 2.05. The number of hydrogen-bond donors (Lipinski definition) is 2. The highest BCUT2D eigenvalue weighted by atomic mass is 16.1. The molecule has 1 aromatic heterocycles. The number of amides is 1. The van der Waals surface area contributed by atoms with Crippen molar-refractivity contribution in [2.45, 2.75) is 20.3 Å². The van der Waals surface area contributed by atoms with Gasteiger partial charge in [-0.15, -0.1) is 11.8 Å². The summed E-state index contributed by atoms with van der Waals surface area (Å²) < 4.78 is 0. The minimum Gasteiger partial charge on any atom is -0.384 e. The van der Waals surface area contributed by atoms with Crippen molar-refractivity contribution in [1.29, 1.82) is 0 Å². The van der Waals surface area contributed by atoms with Crippen molar-refractivity contribution in [3.8, 4) is 11.8 Å². The molecule has 2 N–H and O–H groups in total. The molecule has 90 valence electrons. The Morgan fingerprint density at radius 3 is 3.06 bits per heavy atom. The lowest BCUT2D eigenvalue weighted by atomic mass is 10.3. The van der Waals surface area contributed by atoms with Crippen LogP contribution in [0.15, 0.2) is 18.3 Å². The minimum atomic E-state index is -0.149. The molecule has 1 amide bonds.